The first kappa shape index (κ1) is 39.0. The Kier molecular flexibility index (Phi) is 9.97. The smallest absolute Gasteiger partial charge is 0.395 e. The molecule has 0 unspecified atom stereocenters. The molecule has 2 fully saturated rings. The first-order valence-electron chi connectivity index (χ1n) is 18.0. The summed E-state index contributed by atoms with van der Waals surface area (Å²) in [5.41, 5.74) is 4.47. The molecule has 0 bridgehead atoms. The Balaban J connectivity index is 1.28. The Morgan fingerprint density at radius 2 is 1.82 bits per heavy atom. The molecule has 3 heterocycles. The minimum Gasteiger partial charge on any atom is -0.463 e. The van der Waals surface area contributed by atoms with Crippen LogP contribution in [0.1, 0.15) is 94.3 Å². The SMILES string of the molecule is C#CCC(C)(C)C[C@]1(c2ccc(-c3cnn(C4CC4)c3)cc2)N=C(N)N([C@H](COC(=O)CC2(C(F)(F)F)CC2)c2ccc(Cl)c(-n3ncnc3C(F)F)c2)C1=O. The summed E-state index contributed by atoms with van der Waals surface area (Å²) in [6.07, 6.45) is 3.87. The Hall–Kier alpha value is -5.30. The lowest BCUT2D eigenvalue weighted by atomic mass is 9.73. The summed E-state index contributed by atoms with van der Waals surface area (Å²) in [6.45, 7) is 3.10. The standard InChI is InChI=1S/C39H38ClF5N8O3/c1-4-13-36(2,3)21-38(26-8-5-23(6-9-26)25-18-48-51(19-25)27-10-11-27)34(55)52(35(46)50-38)30(20-56-31(54)17-37(14-15-37)39(43,44)45)24-7-12-28(40)29(16-24)53-33(32(41)42)47-22-49-53/h1,5-9,12,16,18-19,22,27,30,32H,10-11,13-15,17,20-21H2,2-3H3,(H2,46,50)/t30-,38-/m1/s1. The van der Waals surface area contributed by atoms with E-state index in [4.69, 9.17) is 33.5 Å². The van der Waals surface area contributed by atoms with Gasteiger partial charge in [-0.05, 0) is 66.3 Å². The monoisotopic (exact) mass is 796 g/mol. The van der Waals surface area contributed by atoms with Gasteiger partial charge < -0.3 is 10.5 Å². The average molecular weight is 797 g/mol. The molecule has 0 radical (unpaired) electrons. The second kappa shape index (κ2) is 14.3. The first-order valence-corrected chi connectivity index (χ1v) is 18.3. The highest BCUT2D eigenvalue weighted by atomic mass is 35.5. The molecule has 7 rings (SSSR count). The molecule has 2 aliphatic carbocycles. The van der Waals surface area contributed by atoms with Crippen molar-refractivity contribution in [2.75, 3.05) is 6.61 Å². The second-order valence-electron chi connectivity index (χ2n) is 15.4. The lowest BCUT2D eigenvalue weighted by Crippen LogP contribution is -2.47. The number of halogens is 6. The number of rotatable bonds is 14. The minimum atomic E-state index is -4.61. The number of esters is 1. The normalized spacial score (nSPS) is 19.9. The Morgan fingerprint density at radius 3 is 2.45 bits per heavy atom. The Morgan fingerprint density at radius 1 is 1.11 bits per heavy atom. The van der Waals surface area contributed by atoms with Gasteiger partial charge in [-0.3, -0.25) is 19.2 Å². The van der Waals surface area contributed by atoms with Gasteiger partial charge in [0.2, 0.25) is 0 Å². The second-order valence-corrected chi connectivity index (χ2v) is 15.8. The zero-order valence-corrected chi connectivity index (χ0v) is 31.2. The Labute approximate surface area is 324 Å². The predicted molar refractivity (Wildman–Crippen MR) is 195 cm³/mol. The third-order valence-electron chi connectivity index (χ3n) is 10.7. The molecule has 11 nitrogen and oxygen atoms in total. The van der Waals surface area contributed by atoms with Crippen LogP contribution >= 0.6 is 11.6 Å². The lowest BCUT2D eigenvalue weighted by molar-refractivity contribution is -0.195. The number of guanidine groups is 1. The molecular formula is C39H38ClF5N8O3. The van der Waals surface area contributed by atoms with Crippen molar-refractivity contribution in [3.8, 4) is 29.2 Å². The van der Waals surface area contributed by atoms with Crippen LogP contribution in [0.5, 0.6) is 0 Å². The number of carbonyl (C=O) groups is 2. The lowest BCUT2D eigenvalue weighted by Gasteiger charge is -2.35. The number of benzene rings is 2. The number of aliphatic imine (C=N–C) groups is 1. The van der Waals surface area contributed by atoms with Crippen LogP contribution in [0, 0.1) is 23.2 Å². The van der Waals surface area contributed by atoms with E-state index in [1.165, 1.54) is 18.2 Å². The molecule has 294 valence electrons. The van der Waals surface area contributed by atoms with Gasteiger partial charge in [-0.1, -0.05) is 55.8 Å². The van der Waals surface area contributed by atoms with Gasteiger partial charge in [0.1, 0.15) is 12.9 Å². The first-order chi connectivity index (χ1) is 26.5. The van der Waals surface area contributed by atoms with Crippen LogP contribution in [0.15, 0.2) is 66.2 Å². The van der Waals surface area contributed by atoms with Gasteiger partial charge in [-0.25, -0.2) is 23.4 Å². The van der Waals surface area contributed by atoms with Crippen LogP contribution in [0.2, 0.25) is 5.02 Å². The number of carbonyl (C=O) groups excluding carboxylic acids is 2. The van der Waals surface area contributed by atoms with E-state index in [2.05, 4.69) is 21.1 Å². The van der Waals surface area contributed by atoms with Crippen LogP contribution in [0.25, 0.3) is 16.8 Å². The third kappa shape index (κ3) is 7.36. The molecule has 0 saturated heterocycles. The summed E-state index contributed by atoms with van der Waals surface area (Å²) in [6, 6.07) is 10.5. The fourth-order valence-corrected chi connectivity index (χ4v) is 7.51. The number of terminal acetylenes is 1. The summed E-state index contributed by atoms with van der Waals surface area (Å²) < 4.78 is 77.4. The van der Waals surface area contributed by atoms with E-state index >= 15 is 4.79 Å². The quantitative estimate of drug-likeness (QED) is 0.0781. The van der Waals surface area contributed by atoms with E-state index in [9.17, 15) is 26.7 Å². The van der Waals surface area contributed by atoms with Crippen LogP contribution in [-0.2, 0) is 19.9 Å². The summed E-state index contributed by atoms with van der Waals surface area (Å²) in [4.78, 5) is 37.7. The number of hydrogen-bond acceptors (Lipinski definition) is 8. The van der Waals surface area contributed by atoms with Crippen molar-refractivity contribution in [2.24, 2.45) is 21.6 Å². The predicted octanol–water partition coefficient (Wildman–Crippen LogP) is 7.87. The van der Waals surface area contributed by atoms with E-state index in [-0.39, 0.29) is 47.9 Å². The third-order valence-corrected chi connectivity index (χ3v) is 11.0. The van der Waals surface area contributed by atoms with Crippen molar-refractivity contribution in [1.82, 2.24) is 29.4 Å². The van der Waals surface area contributed by atoms with Gasteiger partial charge in [-0.2, -0.15) is 23.4 Å². The molecule has 1 amide bonds. The molecule has 2 aromatic heterocycles. The molecular weight excluding hydrogens is 759 g/mol. The molecule has 2 aromatic carbocycles. The fraction of sp³-hybridized carbons (Fsp3) is 0.436. The zero-order valence-electron chi connectivity index (χ0n) is 30.4. The minimum absolute atomic E-state index is 0.0136. The van der Waals surface area contributed by atoms with Gasteiger partial charge in [-0.15, -0.1) is 12.3 Å². The average Bonchev–Trinajstić information content (AvgIpc) is 4.01. The molecule has 1 aliphatic heterocycles. The summed E-state index contributed by atoms with van der Waals surface area (Å²) in [7, 11) is 0. The van der Waals surface area contributed by atoms with E-state index in [1.54, 1.807) is 18.3 Å². The molecule has 2 atom stereocenters. The molecule has 2 saturated carbocycles. The van der Waals surface area contributed by atoms with Gasteiger partial charge in [0.05, 0.1) is 40.8 Å². The number of amides is 1. The van der Waals surface area contributed by atoms with Crippen molar-refractivity contribution in [3.63, 3.8) is 0 Å². The van der Waals surface area contributed by atoms with E-state index in [0.717, 1.165) is 39.9 Å². The topological polar surface area (TPSA) is 134 Å². The summed E-state index contributed by atoms with van der Waals surface area (Å²) in [5, 5.41) is 8.36. The number of alkyl halides is 5. The van der Waals surface area contributed by atoms with Gasteiger partial charge in [0.15, 0.2) is 17.3 Å². The van der Waals surface area contributed by atoms with E-state index in [0.29, 0.717) is 11.6 Å². The maximum absolute atomic E-state index is 15.1. The molecule has 2 N–H and O–H groups in total. The van der Waals surface area contributed by atoms with Gasteiger partial charge in [0, 0.05) is 18.2 Å². The highest BCUT2D eigenvalue weighted by molar-refractivity contribution is 6.32. The number of ether oxygens (including phenoxy) is 1. The summed E-state index contributed by atoms with van der Waals surface area (Å²) >= 11 is 6.46. The molecule has 3 aliphatic rings. The number of nitrogens with two attached hydrogens (primary N) is 1. The highest BCUT2D eigenvalue weighted by Gasteiger charge is 2.64. The molecule has 0 spiro atoms. The van der Waals surface area contributed by atoms with Crippen molar-refractivity contribution < 1.29 is 36.3 Å². The number of hydrogen-bond donors (Lipinski definition) is 1. The van der Waals surface area contributed by atoms with Crippen molar-refractivity contribution in [2.45, 2.75) is 89.0 Å². The maximum Gasteiger partial charge on any atom is 0.395 e. The van der Waals surface area contributed by atoms with Crippen molar-refractivity contribution in [3.05, 3.63) is 83.2 Å². The van der Waals surface area contributed by atoms with Gasteiger partial charge in [0.25, 0.3) is 12.3 Å². The summed E-state index contributed by atoms with van der Waals surface area (Å²) in [5.74, 6) is -0.105. The van der Waals surface area contributed by atoms with Crippen LogP contribution < -0.4 is 5.73 Å². The van der Waals surface area contributed by atoms with Crippen LogP contribution in [0.3, 0.4) is 0 Å². The highest BCUT2D eigenvalue weighted by Crippen LogP contribution is 2.60. The largest absolute Gasteiger partial charge is 0.463 e. The fourth-order valence-electron chi connectivity index (χ4n) is 7.32. The van der Waals surface area contributed by atoms with Crippen molar-refractivity contribution >= 4 is 29.4 Å². The number of aromatic nitrogens is 5. The molecule has 56 heavy (non-hydrogen) atoms. The number of nitrogens with zero attached hydrogens (tertiary/aromatic N) is 7. The maximum atomic E-state index is 15.1. The van der Waals surface area contributed by atoms with Gasteiger partial charge >= 0.3 is 12.1 Å². The van der Waals surface area contributed by atoms with Crippen molar-refractivity contribution in [1.29, 1.82) is 0 Å². The van der Waals surface area contributed by atoms with E-state index < -0.39 is 65.7 Å². The van der Waals surface area contributed by atoms with Crippen LogP contribution in [-0.4, -0.2) is 60.1 Å². The molecule has 4 aromatic rings. The van der Waals surface area contributed by atoms with E-state index in [1.807, 2.05) is 36.9 Å². The molecule has 17 heteroatoms. The zero-order chi connectivity index (χ0) is 40.2. The van der Waals surface area contributed by atoms with Crippen LogP contribution in [0.4, 0.5) is 22.0 Å². The Bertz CT molecular complexity index is 2220.